The summed E-state index contributed by atoms with van der Waals surface area (Å²) in [5.41, 5.74) is 2.84. The molecule has 0 radical (unpaired) electrons. The summed E-state index contributed by atoms with van der Waals surface area (Å²) in [7, 11) is 0. The van der Waals surface area contributed by atoms with Crippen molar-refractivity contribution >= 4 is 17.2 Å². The standard InChI is InChI=1S/C21H18N4OS/c1-15(19-10-6-12-27-19)23-21(26)18-14-25(17-8-3-2-4-9-17)24-20(18)16-7-5-11-22-13-16/h2-15H,1H3,(H,23,26)/t15-/m0/s1. The van der Waals surface area contributed by atoms with Crippen LogP contribution in [0.5, 0.6) is 0 Å². The maximum Gasteiger partial charge on any atom is 0.255 e. The first-order valence-electron chi connectivity index (χ1n) is 8.62. The maximum absolute atomic E-state index is 13.0. The molecule has 0 aliphatic carbocycles. The van der Waals surface area contributed by atoms with Crippen LogP contribution in [0.4, 0.5) is 0 Å². The normalized spacial score (nSPS) is 11.9. The van der Waals surface area contributed by atoms with Crippen LogP contribution in [0.1, 0.15) is 28.2 Å². The summed E-state index contributed by atoms with van der Waals surface area (Å²) in [5.74, 6) is -0.156. The highest BCUT2D eigenvalue weighted by atomic mass is 32.1. The van der Waals surface area contributed by atoms with Gasteiger partial charge in [-0.25, -0.2) is 4.68 Å². The summed E-state index contributed by atoms with van der Waals surface area (Å²) in [6, 6.07) is 17.4. The van der Waals surface area contributed by atoms with Gasteiger partial charge in [-0.3, -0.25) is 9.78 Å². The number of carbonyl (C=O) groups is 1. The van der Waals surface area contributed by atoms with E-state index in [4.69, 9.17) is 0 Å². The van der Waals surface area contributed by atoms with E-state index in [9.17, 15) is 4.79 Å². The van der Waals surface area contributed by atoms with Gasteiger partial charge < -0.3 is 5.32 Å². The molecule has 0 aliphatic heterocycles. The van der Waals surface area contributed by atoms with Crippen LogP contribution in [0.15, 0.2) is 78.6 Å². The van der Waals surface area contributed by atoms with E-state index in [1.165, 1.54) is 0 Å². The Morgan fingerprint density at radius 1 is 1.11 bits per heavy atom. The first-order chi connectivity index (χ1) is 13.2. The summed E-state index contributed by atoms with van der Waals surface area (Å²) < 4.78 is 1.73. The van der Waals surface area contributed by atoms with Crippen LogP contribution in [0.25, 0.3) is 16.9 Å². The lowest BCUT2D eigenvalue weighted by Crippen LogP contribution is -2.26. The molecule has 0 saturated heterocycles. The van der Waals surface area contributed by atoms with Crippen molar-refractivity contribution in [3.63, 3.8) is 0 Å². The number of aromatic nitrogens is 3. The molecule has 1 aromatic carbocycles. The van der Waals surface area contributed by atoms with Gasteiger partial charge in [0.15, 0.2) is 0 Å². The average molecular weight is 374 g/mol. The van der Waals surface area contributed by atoms with Crippen molar-refractivity contribution in [2.45, 2.75) is 13.0 Å². The van der Waals surface area contributed by atoms with Crippen molar-refractivity contribution in [3.05, 3.63) is 89.0 Å². The van der Waals surface area contributed by atoms with Crippen LogP contribution < -0.4 is 5.32 Å². The Morgan fingerprint density at radius 2 is 1.96 bits per heavy atom. The van der Waals surface area contributed by atoms with E-state index in [0.29, 0.717) is 11.3 Å². The van der Waals surface area contributed by atoms with E-state index in [-0.39, 0.29) is 11.9 Å². The second kappa shape index (κ2) is 7.55. The number of nitrogens with zero attached hydrogens (tertiary/aromatic N) is 3. The molecule has 4 rings (SSSR count). The molecule has 1 atom stereocenters. The summed E-state index contributed by atoms with van der Waals surface area (Å²) in [6.45, 7) is 1.98. The van der Waals surface area contributed by atoms with Gasteiger partial charge in [0.1, 0.15) is 5.69 Å². The molecule has 27 heavy (non-hydrogen) atoms. The molecule has 134 valence electrons. The number of benzene rings is 1. The first kappa shape index (κ1) is 17.2. The second-order valence-electron chi connectivity index (χ2n) is 6.12. The largest absolute Gasteiger partial charge is 0.345 e. The molecule has 0 fully saturated rings. The van der Waals surface area contributed by atoms with Crippen molar-refractivity contribution in [1.82, 2.24) is 20.1 Å². The van der Waals surface area contributed by atoms with Crippen LogP contribution in [0.3, 0.4) is 0 Å². The second-order valence-corrected chi connectivity index (χ2v) is 7.10. The number of carbonyl (C=O) groups excluding carboxylic acids is 1. The van der Waals surface area contributed by atoms with Crippen molar-refractivity contribution in [1.29, 1.82) is 0 Å². The zero-order valence-corrected chi connectivity index (χ0v) is 15.6. The van der Waals surface area contributed by atoms with Crippen molar-refractivity contribution < 1.29 is 4.79 Å². The lowest BCUT2D eigenvalue weighted by Gasteiger charge is -2.12. The number of hydrogen-bond donors (Lipinski definition) is 1. The molecule has 0 saturated carbocycles. The molecule has 6 heteroatoms. The van der Waals surface area contributed by atoms with Gasteiger partial charge in [-0.15, -0.1) is 11.3 Å². The number of para-hydroxylation sites is 1. The highest BCUT2D eigenvalue weighted by Crippen LogP contribution is 2.25. The summed E-state index contributed by atoms with van der Waals surface area (Å²) in [5, 5.41) is 9.74. The Labute approximate surface area is 161 Å². The van der Waals surface area contributed by atoms with Crippen molar-refractivity contribution in [3.8, 4) is 16.9 Å². The molecular formula is C21H18N4OS. The molecule has 1 amide bonds. The van der Waals surface area contributed by atoms with Gasteiger partial charge in [0, 0.05) is 29.0 Å². The Morgan fingerprint density at radius 3 is 2.67 bits per heavy atom. The minimum Gasteiger partial charge on any atom is -0.345 e. The fourth-order valence-electron chi connectivity index (χ4n) is 2.85. The number of pyridine rings is 1. The Hall–Kier alpha value is -3.25. The average Bonchev–Trinajstić information content (AvgIpc) is 3.40. The molecule has 3 aromatic heterocycles. The third-order valence-electron chi connectivity index (χ3n) is 4.23. The topological polar surface area (TPSA) is 59.8 Å². The van der Waals surface area contributed by atoms with E-state index < -0.39 is 0 Å². The molecule has 0 spiro atoms. The predicted molar refractivity (Wildman–Crippen MR) is 107 cm³/mol. The van der Waals surface area contributed by atoms with Crippen LogP contribution in [-0.2, 0) is 0 Å². The molecule has 0 bridgehead atoms. The highest BCUT2D eigenvalue weighted by Gasteiger charge is 2.20. The zero-order chi connectivity index (χ0) is 18.6. The van der Waals surface area contributed by atoms with E-state index in [1.54, 1.807) is 34.6 Å². The fourth-order valence-corrected chi connectivity index (χ4v) is 3.59. The molecule has 4 aromatic rings. The monoisotopic (exact) mass is 374 g/mol. The van der Waals surface area contributed by atoms with Crippen LogP contribution >= 0.6 is 11.3 Å². The number of thiophene rings is 1. The molecule has 0 unspecified atom stereocenters. The van der Waals surface area contributed by atoms with Crippen LogP contribution in [0.2, 0.25) is 0 Å². The van der Waals surface area contributed by atoms with Gasteiger partial charge in [0.05, 0.1) is 17.3 Å². The SMILES string of the molecule is C[C@H](NC(=O)c1cn(-c2ccccc2)nc1-c1cccnc1)c1cccs1. The lowest BCUT2D eigenvalue weighted by molar-refractivity contribution is 0.0941. The number of rotatable bonds is 5. The Balaban J connectivity index is 1.72. The van der Waals surface area contributed by atoms with Gasteiger partial charge in [-0.1, -0.05) is 24.3 Å². The van der Waals surface area contributed by atoms with E-state index in [1.807, 2.05) is 66.9 Å². The molecule has 0 aliphatic rings. The van der Waals surface area contributed by atoms with E-state index in [0.717, 1.165) is 16.1 Å². The van der Waals surface area contributed by atoms with Crippen molar-refractivity contribution in [2.75, 3.05) is 0 Å². The van der Waals surface area contributed by atoms with E-state index >= 15 is 0 Å². The minimum atomic E-state index is -0.156. The molecule has 1 N–H and O–H groups in total. The van der Waals surface area contributed by atoms with Gasteiger partial charge in [-0.2, -0.15) is 5.10 Å². The van der Waals surface area contributed by atoms with Gasteiger partial charge >= 0.3 is 0 Å². The van der Waals surface area contributed by atoms with Gasteiger partial charge in [0.25, 0.3) is 5.91 Å². The third-order valence-corrected chi connectivity index (χ3v) is 5.29. The van der Waals surface area contributed by atoms with Gasteiger partial charge in [-0.05, 0) is 42.6 Å². The van der Waals surface area contributed by atoms with Crippen LogP contribution in [-0.4, -0.2) is 20.7 Å². The maximum atomic E-state index is 13.0. The third kappa shape index (κ3) is 3.66. The number of nitrogens with one attached hydrogen (secondary N) is 1. The highest BCUT2D eigenvalue weighted by molar-refractivity contribution is 7.10. The number of amides is 1. The summed E-state index contributed by atoms with van der Waals surface area (Å²) in [6.07, 6.45) is 5.20. The van der Waals surface area contributed by atoms with Gasteiger partial charge in [0.2, 0.25) is 0 Å². The smallest absolute Gasteiger partial charge is 0.255 e. The molecular weight excluding hydrogens is 356 g/mol. The first-order valence-corrected chi connectivity index (χ1v) is 9.50. The lowest BCUT2D eigenvalue weighted by atomic mass is 10.1. The van der Waals surface area contributed by atoms with Crippen molar-refractivity contribution in [2.24, 2.45) is 0 Å². The van der Waals surface area contributed by atoms with E-state index in [2.05, 4.69) is 15.4 Å². The molecule has 3 heterocycles. The summed E-state index contributed by atoms with van der Waals surface area (Å²) >= 11 is 1.63. The zero-order valence-electron chi connectivity index (χ0n) is 14.7. The quantitative estimate of drug-likeness (QED) is 0.560. The molecule has 5 nitrogen and oxygen atoms in total. The number of hydrogen-bond acceptors (Lipinski definition) is 4. The Kier molecular flexibility index (Phi) is 4.80. The minimum absolute atomic E-state index is 0.0701. The Bertz CT molecular complexity index is 1030. The predicted octanol–water partition coefficient (Wildman–Crippen LogP) is 4.49. The van der Waals surface area contributed by atoms with Crippen LogP contribution in [0, 0.1) is 0 Å². The fraction of sp³-hybridized carbons (Fsp3) is 0.0952. The summed E-state index contributed by atoms with van der Waals surface area (Å²) in [4.78, 5) is 18.3.